The lowest BCUT2D eigenvalue weighted by molar-refractivity contribution is -0.385. The monoisotopic (exact) mass is 412 g/mol. The number of hydrogen-bond donors (Lipinski definition) is 1. The molecule has 0 aliphatic heterocycles. The second-order valence-corrected chi connectivity index (χ2v) is 6.89. The molecule has 2 rings (SSSR count). The standard InChI is InChI=1S/C22H28N4O4/c1-4-12-25(13-5-2)19-9-7-18(8-10-19)15-23-24-22(27)16-30-21-11-6-17(3)14-20(21)26(28)29/h6-11,14-15H,4-5,12-13,16H2,1-3H3,(H,24,27)/b23-15-. The van der Waals surface area contributed by atoms with Crippen LogP contribution in [0.1, 0.15) is 37.8 Å². The van der Waals surface area contributed by atoms with Gasteiger partial charge in [-0.1, -0.05) is 32.0 Å². The Morgan fingerprint density at radius 2 is 1.83 bits per heavy atom. The Bertz CT molecular complexity index is 875. The number of aryl methyl sites for hydroxylation is 1. The molecule has 8 nitrogen and oxygen atoms in total. The van der Waals surface area contributed by atoms with Crippen LogP contribution in [0, 0.1) is 17.0 Å². The number of benzene rings is 2. The maximum atomic E-state index is 11.9. The molecule has 160 valence electrons. The van der Waals surface area contributed by atoms with Crippen LogP contribution in [0.15, 0.2) is 47.6 Å². The molecule has 0 aliphatic rings. The third kappa shape index (κ3) is 6.88. The predicted molar refractivity (Wildman–Crippen MR) is 118 cm³/mol. The minimum absolute atomic E-state index is 0.0454. The van der Waals surface area contributed by atoms with Gasteiger partial charge in [-0.2, -0.15) is 5.10 Å². The van der Waals surface area contributed by atoms with Gasteiger partial charge in [0.25, 0.3) is 5.91 Å². The van der Waals surface area contributed by atoms with Crippen molar-refractivity contribution in [3.8, 4) is 5.75 Å². The van der Waals surface area contributed by atoms with Crippen LogP contribution in [0.2, 0.25) is 0 Å². The normalized spacial score (nSPS) is 10.8. The molecule has 1 amide bonds. The van der Waals surface area contributed by atoms with E-state index in [2.05, 4.69) is 29.3 Å². The van der Waals surface area contributed by atoms with Gasteiger partial charge in [-0.25, -0.2) is 5.43 Å². The molecule has 0 fully saturated rings. The van der Waals surface area contributed by atoms with E-state index in [1.807, 2.05) is 24.3 Å². The van der Waals surface area contributed by atoms with Crippen LogP contribution < -0.4 is 15.1 Å². The van der Waals surface area contributed by atoms with Crippen LogP contribution in [0.4, 0.5) is 11.4 Å². The zero-order valence-corrected chi connectivity index (χ0v) is 17.6. The average Bonchev–Trinajstić information content (AvgIpc) is 2.73. The van der Waals surface area contributed by atoms with Gasteiger partial charge >= 0.3 is 5.69 Å². The summed E-state index contributed by atoms with van der Waals surface area (Å²) in [5, 5.41) is 15.0. The van der Waals surface area contributed by atoms with Crippen LogP contribution in [0.25, 0.3) is 0 Å². The Kier molecular flexibility index (Phi) is 8.80. The number of nitrogens with one attached hydrogen (secondary N) is 1. The minimum Gasteiger partial charge on any atom is -0.477 e. The third-order valence-electron chi connectivity index (χ3n) is 4.32. The number of nitro groups is 1. The van der Waals surface area contributed by atoms with E-state index in [0.717, 1.165) is 42.7 Å². The Morgan fingerprint density at radius 3 is 2.43 bits per heavy atom. The summed E-state index contributed by atoms with van der Waals surface area (Å²) in [6, 6.07) is 12.5. The van der Waals surface area contributed by atoms with Gasteiger partial charge in [0.2, 0.25) is 0 Å². The number of nitro benzene ring substituents is 1. The van der Waals surface area contributed by atoms with Crippen molar-refractivity contribution >= 4 is 23.5 Å². The molecule has 0 bridgehead atoms. The van der Waals surface area contributed by atoms with Gasteiger partial charge in [0.15, 0.2) is 12.4 Å². The lowest BCUT2D eigenvalue weighted by atomic mass is 10.2. The van der Waals surface area contributed by atoms with Crippen LogP contribution >= 0.6 is 0 Å². The second kappa shape index (κ2) is 11.5. The van der Waals surface area contributed by atoms with Crippen molar-refractivity contribution in [3.05, 3.63) is 63.7 Å². The molecule has 1 N–H and O–H groups in total. The Morgan fingerprint density at radius 1 is 1.17 bits per heavy atom. The molecule has 0 heterocycles. The first-order valence-electron chi connectivity index (χ1n) is 9.99. The van der Waals surface area contributed by atoms with Crippen molar-refractivity contribution < 1.29 is 14.5 Å². The Labute approximate surface area is 176 Å². The van der Waals surface area contributed by atoms with E-state index in [1.165, 1.54) is 12.1 Å². The van der Waals surface area contributed by atoms with E-state index in [0.29, 0.717) is 0 Å². The molecular formula is C22H28N4O4. The van der Waals surface area contributed by atoms with E-state index in [4.69, 9.17) is 4.74 Å². The molecule has 0 spiro atoms. The van der Waals surface area contributed by atoms with Crippen LogP contribution in [0.5, 0.6) is 5.75 Å². The number of anilines is 1. The zero-order chi connectivity index (χ0) is 21.9. The number of ether oxygens (including phenoxy) is 1. The molecule has 0 unspecified atom stereocenters. The first-order chi connectivity index (χ1) is 14.4. The van der Waals surface area contributed by atoms with Gasteiger partial charge in [-0.3, -0.25) is 14.9 Å². The third-order valence-corrected chi connectivity index (χ3v) is 4.32. The van der Waals surface area contributed by atoms with Crippen molar-refractivity contribution in [1.82, 2.24) is 5.43 Å². The average molecular weight is 412 g/mol. The maximum absolute atomic E-state index is 11.9. The number of rotatable bonds is 11. The number of carbonyl (C=O) groups is 1. The van der Waals surface area contributed by atoms with Crippen LogP contribution in [-0.4, -0.2) is 36.7 Å². The van der Waals surface area contributed by atoms with Gasteiger partial charge in [-0.05, 0) is 49.1 Å². The number of hydrazone groups is 1. The van der Waals surface area contributed by atoms with E-state index in [-0.39, 0.29) is 18.0 Å². The fourth-order valence-corrected chi connectivity index (χ4v) is 2.93. The summed E-state index contributed by atoms with van der Waals surface area (Å²) in [6.45, 7) is 7.71. The molecule has 0 radical (unpaired) electrons. The lowest BCUT2D eigenvalue weighted by Gasteiger charge is -2.23. The molecule has 0 saturated carbocycles. The summed E-state index contributed by atoms with van der Waals surface area (Å²) in [5.41, 5.74) is 4.94. The fraction of sp³-hybridized carbons (Fsp3) is 0.364. The van der Waals surface area contributed by atoms with Crippen molar-refractivity contribution in [2.45, 2.75) is 33.6 Å². The van der Waals surface area contributed by atoms with Gasteiger partial charge in [0.05, 0.1) is 11.1 Å². The first-order valence-corrected chi connectivity index (χ1v) is 9.99. The fourth-order valence-electron chi connectivity index (χ4n) is 2.93. The maximum Gasteiger partial charge on any atom is 0.311 e. The zero-order valence-electron chi connectivity index (χ0n) is 17.6. The van der Waals surface area contributed by atoms with Crippen molar-refractivity contribution in [2.24, 2.45) is 5.10 Å². The topological polar surface area (TPSA) is 97.1 Å². The summed E-state index contributed by atoms with van der Waals surface area (Å²) in [5.74, 6) is -0.459. The van der Waals surface area contributed by atoms with E-state index < -0.39 is 10.8 Å². The minimum atomic E-state index is -0.538. The van der Waals surface area contributed by atoms with E-state index in [9.17, 15) is 14.9 Å². The summed E-state index contributed by atoms with van der Waals surface area (Å²) in [6.07, 6.45) is 3.71. The molecule has 0 saturated heterocycles. The highest BCUT2D eigenvalue weighted by molar-refractivity contribution is 5.83. The van der Waals surface area contributed by atoms with E-state index >= 15 is 0 Å². The van der Waals surface area contributed by atoms with Crippen LogP contribution in [0.3, 0.4) is 0 Å². The van der Waals surface area contributed by atoms with Gasteiger partial charge in [0.1, 0.15) is 0 Å². The summed E-state index contributed by atoms with van der Waals surface area (Å²) in [4.78, 5) is 24.8. The van der Waals surface area contributed by atoms with Gasteiger partial charge in [0, 0.05) is 24.8 Å². The van der Waals surface area contributed by atoms with Crippen molar-refractivity contribution in [3.63, 3.8) is 0 Å². The molecule has 30 heavy (non-hydrogen) atoms. The van der Waals surface area contributed by atoms with Gasteiger partial charge < -0.3 is 9.64 Å². The Balaban J connectivity index is 1.88. The first kappa shape index (κ1) is 22.9. The quantitative estimate of drug-likeness (QED) is 0.341. The number of amides is 1. The smallest absolute Gasteiger partial charge is 0.311 e. The number of hydrogen-bond acceptors (Lipinski definition) is 6. The molecule has 2 aromatic carbocycles. The Hall–Kier alpha value is -3.42. The lowest BCUT2D eigenvalue weighted by Crippen LogP contribution is -2.25. The highest BCUT2D eigenvalue weighted by Crippen LogP contribution is 2.27. The highest BCUT2D eigenvalue weighted by Gasteiger charge is 2.16. The van der Waals surface area contributed by atoms with Crippen molar-refractivity contribution in [2.75, 3.05) is 24.6 Å². The van der Waals surface area contributed by atoms with E-state index in [1.54, 1.807) is 19.2 Å². The second-order valence-electron chi connectivity index (χ2n) is 6.89. The molecule has 2 aromatic rings. The number of nitrogens with zero attached hydrogens (tertiary/aromatic N) is 3. The summed E-state index contributed by atoms with van der Waals surface area (Å²) >= 11 is 0. The number of carbonyl (C=O) groups excluding carboxylic acids is 1. The summed E-state index contributed by atoms with van der Waals surface area (Å²) in [7, 11) is 0. The van der Waals surface area contributed by atoms with Crippen molar-refractivity contribution in [1.29, 1.82) is 0 Å². The SMILES string of the molecule is CCCN(CCC)c1ccc(/C=N\NC(=O)COc2ccc(C)cc2[N+](=O)[O-])cc1. The summed E-state index contributed by atoms with van der Waals surface area (Å²) < 4.78 is 5.27. The molecule has 0 atom stereocenters. The largest absolute Gasteiger partial charge is 0.477 e. The van der Waals surface area contributed by atoms with Crippen LogP contribution in [-0.2, 0) is 4.79 Å². The molecule has 0 aromatic heterocycles. The van der Waals surface area contributed by atoms with Gasteiger partial charge in [-0.15, -0.1) is 0 Å². The molecule has 8 heteroatoms. The molecular weight excluding hydrogens is 384 g/mol. The highest BCUT2D eigenvalue weighted by atomic mass is 16.6. The predicted octanol–water partition coefficient (Wildman–Crippen LogP) is 4.06. The molecule has 0 aliphatic carbocycles.